The Morgan fingerprint density at radius 1 is 1.32 bits per heavy atom. The molecule has 0 aliphatic heterocycles. The van der Waals surface area contributed by atoms with Gasteiger partial charge < -0.3 is 9.47 Å². The van der Waals surface area contributed by atoms with Gasteiger partial charge in [0.1, 0.15) is 27.5 Å². The first-order valence-electron chi connectivity index (χ1n) is 8.41. The molecule has 0 radical (unpaired) electrons. The largest absolute Gasteiger partial charge is 0.496 e. The maximum Gasteiger partial charge on any atom is 0.350 e. The van der Waals surface area contributed by atoms with Crippen LogP contribution in [0.3, 0.4) is 0 Å². The third-order valence-electron chi connectivity index (χ3n) is 3.69. The number of ether oxygens (including phenoxy) is 2. The van der Waals surface area contributed by atoms with E-state index < -0.39 is 5.97 Å². The number of thiophene rings is 1. The van der Waals surface area contributed by atoms with Gasteiger partial charge in [-0.25, -0.2) is 14.8 Å². The number of aliphatic imine (C=N–C) groups is 1. The van der Waals surface area contributed by atoms with E-state index in [9.17, 15) is 4.79 Å². The van der Waals surface area contributed by atoms with Crippen LogP contribution in [0.5, 0.6) is 5.75 Å². The smallest absolute Gasteiger partial charge is 0.350 e. The van der Waals surface area contributed by atoms with Crippen LogP contribution >= 0.6 is 22.9 Å². The Morgan fingerprint density at radius 3 is 2.82 bits per heavy atom. The first-order valence-corrected chi connectivity index (χ1v) is 9.60. The molecule has 0 bridgehead atoms. The minimum Gasteiger partial charge on any atom is -0.496 e. The molecule has 0 atom stereocenters. The summed E-state index contributed by atoms with van der Waals surface area (Å²) in [5, 5.41) is 1.31. The van der Waals surface area contributed by atoms with Crippen molar-refractivity contribution in [2.45, 2.75) is 13.5 Å². The summed E-state index contributed by atoms with van der Waals surface area (Å²) < 4.78 is 10.5. The van der Waals surface area contributed by atoms with E-state index in [1.54, 1.807) is 38.4 Å². The summed E-state index contributed by atoms with van der Waals surface area (Å²) in [5.74, 6) is 0.118. The molecule has 1 N–H and O–H groups in total. The molecule has 0 amide bonds. The lowest BCUT2D eigenvalue weighted by atomic mass is 10.2. The van der Waals surface area contributed by atoms with E-state index in [4.69, 9.17) is 25.9 Å². The van der Waals surface area contributed by atoms with Crippen molar-refractivity contribution in [2.24, 2.45) is 4.99 Å². The molecule has 0 saturated heterocycles. The fraction of sp³-hybridized carbons (Fsp3) is 0.211. The van der Waals surface area contributed by atoms with Crippen LogP contribution in [-0.4, -0.2) is 31.0 Å². The number of benzene rings is 1. The Bertz CT molecular complexity index is 989. The Balaban J connectivity index is 1.79. The summed E-state index contributed by atoms with van der Waals surface area (Å²) in [5.41, 5.74) is 4.02. The summed E-state index contributed by atoms with van der Waals surface area (Å²) in [6.45, 7) is 2.34. The maximum absolute atomic E-state index is 12.3. The van der Waals surface area contributed by atoms with Crippen molar-refractivity contribution in [3.8, 4) is 5.75 Å². The average molecular weight is 420 g/mol. The van der Waals surface area contributed by atoms with Crippen molar-refractivity contribution < 1.29 is 19.1 Å². The van der Waals surface area contributed by atoms with E-state index in [1.165, 1.54) is 17.7 Å². The molecule has 28 heavy (non-hydrogen) atoms. The number of nitrogens with one attached hydrogen (secondary N) is 1. The van der Waals surface area contributed by atoms with Gasteiger partial charge in [0.2, 0.25) is 0 Å². The zero-order valence-electron chi connectivity index (χ0n) is 15.3. The van der Waals surface area contributed by atoms with Gasteiger partial charge in [-0.3, -0.25) is 10.3 Å². The lowest BCUT2D eigenvalue weighted by Crippen LogP contribution is -2.11. The molecule has 0 aliphatic carbocycles. The van der Waals surface area contributed by atoms with Crippen molar-refractivity contribution in [3.63, 3.8) is 0 Å². The van der Waals surface area contributed by atoms with E-state index >= 15 is 0 Å². The highest BCUT2D eigenvalue weighted by atomic mass is 35.5. The quantitative estimate of drug-likeness (QED) is 0.190. The number of hydrogen-bond acceptors (Lipinski definition) is 7. The van der Waals surface area contributed by atoms with Gasteiger partial charge in [0.25, 0.3) is 0 Å². The minimum absolute atomic E-state index is 0.267. The average Bonchev–Trinajstić information content (AvgIpc) is 3.08. The molecular formula is C19H18ClN3O4S. The van der Waals surface area contributed by atoms with E-state index in [-0.39, 0.29) is 6.61 Å². The molecule has 146 valence electrons. The summed E-state index contributed by atoms with van der Waals surface area (Å²) in [4.78, 5) is 27.3. The number of carbonyl (C=O) groups excluding carboxylic acids is 1. The second kappa shape index (κ2) is 9.50. The van der Waals surface area contributed by atoms with E-state index in [1.807, 2.05) is 12.1 Å². The summed E-state index contributed by atoms with van der Waals surface area (Å²) in [7, 11) is 1.55. The van der Waals surface area contributed by atoms with Crippen LogP contribution in [0.2, 0.25) is 5.02 Å². The van der Waals surface area contributed by atoms with Gasteiger partial charge in [-0.15, -0.1) is 11.3 Å². The maximum atomic E-state index is 12.3. The van der Waals surface area contributed by atoms with Gasteiger partial charge >= 0.3 is 5.97 Å². The highest BCUT2D eigenvalue weighted by Gasteiger charge is 2.22. The van der Waals surface area contributed by atoms with Crippen LogP contribution < -0.4 is 10.2 Å². The fourth-order valence-electron chi connectivity index (χ4n) is 2.44. The second-order valence-corrected chi connectivity index (χ2v) is 6.92. The summed E-state index contributed by atoms with van der Waals surface area (Å²) in [6, 6.07) is 9.02. The molecule has 9 heteroatoms. The van der Waals surface area contributed by atoms with Gasteiger partial charge in [0.15, 0.2) is 0 Å². The number of hydrogen-bond donors (Lipinski definition) is 1. The van der Waals surface area contributed by atoms with Gasteiger partial charge in [0.05, 0.1) is 25.7 Å². The normalized spacial score (nSPS) is 11.1. The highest BCUT2D eigenvalue weighted by Crippen LogP contribution is 2.42. The van der Waals surface area contributed by atoms with Crippen molar-refractivity contribution >= 4 is 51.1 Å². The first kappa shape index (κ1) is 20.1. The number of methoxy groups -OCH3 is 1. The predicted octanol–water partition coefficient (Wildman–Crippen LogP) is 4.52. The minimum atomic E-state index is -0.457. The molecule has 0 unspecified atom stereocenters. The van der Waals surface area contributed by atoms with Gasteiger partial charge in [0, 0.05) is 11.2 Å². The lowest BCUT2D eigenvalue weighted by molar-refractivity contribution is 0.0533. The zero-order chi connectivity index (χ0) is 19.9. The SMILES string of the molecule is CCOC(=O)c1sc2nccc(OC)c2c1N=CNOCc1ccc(Cl)cc1. The Hall–Kier alpha value is -2.68. The number of rotatable bonds is 8. The Morgan fingerprint density at radius 2 is 2.11 bits per heavy atom. The zero-order valence-corrected chi connectivity index (χ0v) is 16.8. The summed E-state index contributed by atoms with van der Waals surface area (Å²) in [6.07, 6.45) is 2.99. The molecule has 2 heterocycles. The van der Waals surface area contributed by atoms with E-state index in [2.05, 4.69) is 15.5 Å². The monoisotopic (exact) mass is 419 g/mol. The number of carbonyl (C=O) groups is 1. The topological polar surface area (TPSA) is 82.0 Å². The number of aromatic nitrogens is 1. The standard InChI is InChI=1S/C19H18ClN3O4S/c1-3-26-19(24)17-16(15-14(25-2)8-9-21-18(15)28-17)22-11-23-27-10-12-4-6-13(20)7-5-12/h4-9,11H,3,10H2,1-2H3,(H,22,23). The van der Waals surface area contributed by atoms with Crippen LogP contribution in [0, 0.1) is 0 Å². The van der Waals surface area contributed by atoms with Crippen LogP contribution in [0.15, 0.2) is 41.5 Å². The van der Waals surface area contributed by atoms with Crippen molar-refractivity contribution in [1.29, 1.82) is 0 Å². The Kier molecular flexibility index (Phi) is 6.80. The molecule has 1 aromatic carbocycles. The third kappa shape index (κ3) is 4.59. The first-order chi connectivity index (χ1) is 13.6. The molecule has 3 aromatic rings. The molecule has 0 aliphatic rings. The molecule has 0 saturated carbocycles. The van der Waals surface area contributed by atoms with Crippen LogP contribution in [-0.2, 0) is 16.2 Å². The molecule has 7 nitrogen and oxygen atoms in total. The van der Waals surface area contributed by atoms with E-state index in [0.717, 1.165) is 5.56 Å². The Labute approximate surface area is 170 Å². The number of pyridine rings is 1. The number of esters is 1. The van der Waals surface area contributed by atoms with Crippen molar-refractivity contribution in [2.75, 3.05) is 13.7 Å². The van der Waals surface area contributed by atoms with Gasteiger partial charge in [-0.1, -0.05) is 23.7 Å². The molecule has 2 aromatic heterocycles. The lowest BCUT2D eigenvalue weighted by Gasteiger charge is -2.04. The second-order valence-electron chi connectivity index (χ2n) is 5.48. The predicted molar refractivity (Wildman–Crippen MR) is 110 cm³/mol. The molecule has 0 spiro atoms. The van der Waals surface area contributed by atoms with Gasteiger partial charge in [-0.2, -0.15) is 0 Å². The summed E-state index contributed by atoms with van der Waals surface area (Å²) >= 11 is 7.06. The molecule has 3 rings (SSSR count). The number of nitrogens with zero attached hydrogens (tertiary/aromatic N) is 2. The van der Waals surface area contributed by atoms with Crippen LogP contribution in [0.25, 0.3) is 10.2 Å². The van der Waals surface area contributed by atoms with Crippen LogP contribution in [0.4, 0.5) is 5.69 Å². The highest BCUT2D eigenvalue weighted by molar-refractivity contribution is 7.21. The molecule has 0 fully saturated rings. The number of halogens is 1. The molecular weight excluding hydrogens is 402 g/mol. The number of hydroxylamine groups is 1. The van der Waals surface area contributed by atoms with E-state index in [0.29, 0.717) is 38.2 Å². The van der Waals surface area contributed by atoms with Crippen LogP contribution in [0.1, 0.15) is 22.2 Å². The third-order valence-corrected chi connectivity index (χ3v) is 5.01. The van der Waals surface area contributed by atoms with Gasteiger partial charge in [-0.05, 0) is 30.7 Å². The fourth-order valence-corrected chi connectivity index (χ4v) is 3.57. The van der Waals surface area contributed by atoms with Crippen molar-refractivity contribution in [1.82, 2.24) is 10.5 Å². The van der Waals surface area contributed by atoms with Crippen molar-refractivity contribution in [3.05, 3.63) is 52.0 Å². The number of fused-ring (bicyclic) bond motifs is 1.